The van der Waals surface area contributed by atoms with Gasteiger partial charge in [0.15, 0.2) is 0 Å². The number of nitrogens with zero attached hydrogens (tertiary/aromatic N) is 1. The number of hydrogen-bond donors (Lipinski definition) is 2. The van der Waals surface area contributed by atoms with Crippen LogP contribution in [-0.2, 0) is 12.8 Å². The fraction of sp³-hybridized carbons (Fsp3) is 0.316. The van der Waals surface area contributed by atoms with Crippen LogP contribution in [-0.4, -0.2) is 28.1 Å². The van der Waals surface area contributed by atoms with E-state index in [2.05, 4.69) is 11.4 Å². The molecule has 0 radical (unpaired) electrons. The predicted octanol–water partition coefficient (Wildman–Crippen LogP) is 2.55. The highest BCUT2D eigenvalue weighted by atomic mass is 16.6. The number of rotatable bonds is 4. The van der Waals surface area contributed by atoms with E-state index < -0.39 is 16.4 Å². The lowest BCUT2D eigenvalue weighted by Gasteiger charge is -2.33. The number of fused-ring (bicyclic) bond motifs is 1. The zero-order valence-electron chi connectivity index (χ0n) is 14.0. The lowest BCUT2D eigenvalue weighted by Crippen LogP contribution is -2.46. The van der Waals surface area contributed by atoms with E-state index in [0.29, 0.717) is 18.4 Å². The molecule has 0 saturated carbocycles. The van der Waals surface area contributed by atoms with Crippen LogP contribution < -0.4 is 5.32 Å². The van der Waals surface area contributed by atoms with Crippen LogP contribution in [0.15, 0.2) is 42.5 Å². The first-order chi connectivity index (χ1) is 11.9. The fourth-order valence-electron chi connectivity index (χ4n) is 3.34. The topological polar surface area (TPSA) is 92.5 Å². The van der Waals surface area contributed by atoms with Crippen molar-refractivity contribution in [3.63, 3.8) is 0 Å². The van der Waals surface area contributed by atoms with Crippen molar-refractivity contribution in [3.8, 4) is 0 Å². The molecule has 0 heterocycles. The first-order valence-corrected chi connectivity index (χ1v) is 8.21. The second-order valence-electron chi connectivity index (χ2n) is 6.56. The van der Waals surface area contributed by atoms with Gasteiger partial charge in [0.25, 0.3) is 11.6 Å². The number of carbonyl (C=O) groups is 1. The summed E-state index contributed by atoms with van der Waals surface area (Å²) in [5.74, 6) is -0.409. The lowest BCUT2D eigenvalue weighted by molar-refractivity contribution is -0.385. The number of carbonyl (C=O) groups excluding carboxylic acids is 1. The molecule has 1 amide bonds. The van der Waals surface area contributed by atoms with Crippen LogP contribution in [0, 0.1) is 17.0 Å². The van der Waals surface area contributed by atoms with Gasteiger partial charge in [-0.1, -0.05) is 30.3 Å². The SMILES string of the molecule is Cc1c(C(=O)NCC2(O)CCc3ccccc3C2)cccc1[N+](=O)[O-]. The van der Waals surface area contributed by atoms with E-state index in [1.165, 1.54) is 17.7 Å². The number of hydrogen-bond acceptors (Lipinski definition) is 4. The maximum Gasteiger partial charge on any atom is 0.273 e. The van der Waals surface area contributed by atoms with Crippen molar-refractivity contribution in [2.24, 2.45) is 0 Å². The summed E-state index contributed by atoms with van der Waals surface area (Å²) in [7, 11) is 0. The van der Waals surface area contributed by atoms with Gasteiger partial charge in [-0.2, -0.15) is 0 Å². The van der Waals surface area contributed by atoms with Gasteiger partial charge >= 0.3 is 0 Å². The van der Waals surface area contributed by atoms with Gasteiger partial charge < -0.3 is 10.4 Å². The van der Waals surface area contributed by atoms with Crippen molar-refractivity contribution in [1.82, 2.24) is 5.32 Å². The Morgan fingerprint density at radius 2 is 1.96 bits per heavy atom. The van der Waals surface area contributed by atoms with Crippen LogP contribution in [0.25, 0.3) is 0 Å². The van der Waals surface area contributed by atoms with E-state index in [1.807, 2.05) is 18.2 Å². The van der Waals surface area contributed by atoms with Crippen LogP contribution >= 0.6 is 0 Å². The Labute approximate surface area is 145 Å². The minimum Gasteiger partial charge on any atom is -0.388 e. The van der Waals surface area contributed by atoms with Gasteiger partial charge in [-0.05, 0) is 37.0 Å². The number of nitro benzene ring substituents is 1. The highest BCUT2D eigenvalue weighted by molar-refractivity contribution is 5.96. The summed E-state index contributed by atoms with van der Waals surface area (Å²) in [6.45, 7) is 1.67. The molecule has 2 aromatic carbocycles. The van der Waals surface area contributed by atoms with Crippen molar-refractivity contribution in [2.75, 3.05) is 6.54 Å². The molecule has 2 aromatic rings. The van der Waals surface area contributed by atoms with Crippen molar-refractivity contribution >= 4 is 11.6 Å². The summed E-state index contributed by atoms with van der Waals surface area (Å²) in [5, 5.41) is 24.5. The van der Waals surface area contributed by atoms with Crippen LogP contribution in [0.4, 0.5) is 5.69 Å². The quantitative estimate of drug-likeness (QED) is 0.661. The van der Waals surface area contributed by atoms with Gasteiger partial charge in [-0.25, -0.2) is 0 Å². The highest BCUT2D eigenvalue weighted by Crippen LogP contribution is 2.28. The number of aryl methyl sites for hydroxylation is 1. The molecular formula is C19H20N2O4. The summed E-state index contributed by atoms with van der Waals surface area (Å²) in [6, 6.07) is 12.4. The van der Waals surface area contributed by atoms with Gasteiger partial charge in [0.2, 0.25) is 0 Å². The third-order valence-corrected chi connectivity index (χ3v) is 4.82. The zero-order valence-corrected chi connectivity index (χ0v) is 14.0. The molecule has 1 aliphatic carbocycles. The number of amides is 1. The van der Waals surface area contributed by atoms with Crippen molar-refractivity contribution in [2.45, 2.75) is 31.8 Å². The number of aliphatic hydroxyl groups is 1. The molecule has 130 valence electrons. The molecule has 2 N–H and O–H groups in total. The molecular weight excluding hydrogens is 320 g/mol. The molecule has 6 heteroatoms. The maximum atomic E-state index is 12.4. The first kappa shape index (κ1) is 17.1. The molecule has 1 atom stereocenters. The van der Waals surface area contributed by atoms with Gasteiger partial charge in [0, 0.05) is 30.2 Å². The van der Waals surface area contributed by atoms with Crippen LogP contribution in [0.1, 0.15) is 33.5 Å². The second-order valence-corrected chi connectivity index (χ2v) is 6.56. The molecule has 3 rings (SSSR count). The molecule has 0 aromatic heterocycles. The predicted molar refractivity (Wildman–Crippen MR) is 93.6 cm³/mol. The van der Waals surface area contributed by atoms with Crippen molar-refractivity contribution in [3.05, 3.63) is 74.8 Å². The molecule has 25 heavy (non-hydrogen) atoms. The molecule has 1 unspecified atom stereocenters. The van der Waals surface area contributed by atoms with E-state index in [4.69, 9.17) is 0 Å². The Balaban J connectivity index is 1.71. The standard InChI is InChI=1S/C19H20N2O4/c1-13-16(7-4-8-17(13)21(24)25)18(22)20-12-19(23)10-9-14-5-2-3-6-15(14)11-19/h2-8,23H,9-12H2,1H3,(H,20,22). The van der Waals surface area contributed by atoms with E-state index in [-0.39, 0.29) is 17.8 Å². The van der Waals surface area contributed by atoms with Gasteiger partial charge in [0.1, 0.15) is 0 Å². The minimum atomic E-state index is -1.00. The average molecular weight is 340 g/mol. The zero-order chi connectivity index (χ0) is 18.0. The molecule has 0 spiro atoms. The average Bonchev–Trinajstić information content (AvgIpc) is 2.59. The summed E-state index contributed by atoms with van der Waals surface area (Å²) in [6.07, 6.45) is 1.81. The smallest absolute Gasteiger partial charge is 0.273 e. The summed E-state index contributed by atoms with van der Waals surface area (Å²) in [5.41, 5.74) is 1.82. The van der Waals surface area contributed by atoms with Crippen molar-refractivity contribution in [1.29, 1.82) is 0 Å². The molecule has 0 fully saturated rings. The Morgan fingerprint density at radius 1 is 1.24 bits per heavy atom. The van der Waals surface area contributed by atoms with E-state index in [1.54, 1.807) is 13.0 Å². The van der Waals surface area contributed by atoms with Gasteiger partial charge in [-0.15, -0.1) is 0 Å². The largest absolute Gasteiger partial charge is 0.388 e. The summed E-state index contributed by atoms with van der Waals surface area (Å²) < 4.78 is 0. The fourth-order valence-corrected chi connectivity index (χ4v) is 3.34. The number of benzene rings is 2. The first-order valence-electron chi connectivity index (χ1n) is 8.21. The Bertz CT molecular complexity index is 834. The Hall–Kier alpha value is -2.73. The van der Waals surface area contributed by atoms with E-state index in [0.717, 1.165) is 12.0 Å². The van der Waals surface area contributed by atoms with Crippen LogP contribution in [0.5, 0.6) is 0 Å². The Kier molecular flexibility index (Phi) is 4.55. The monoisotopic (exact) mass is 340 g/mol. The third kappa shape index (κ3) is 3.53. The van der Waals surface area contributed by atoms with E-state index in [9.17, 15) is 20.0 Å². The lowest BCUT2D eigenvalue weighted by atomic mass is 9.80. The molecule has 6 nitrogen and oxygen atoms in total. The highest BCUT2D eigenvalue weighted by Gasteiger charge is 2.32. The van der Waals surface area contributed by atoms with Crippen molar-refractivity contribution < 1.29 is 14.8 Å². The van der Waals surface area contributed by atoms with Crippen LogP contribution in [0.2, 0.25) is 0 Å². The number of nitrogens with one attached hydrogen (secondary N) is 1. The Morgan fingerprint density at radius 3 is 2.68 bits per heavy atom. The molecule has 0 saturated heterocycles. The number of nitro groups is 1. The van der Waals surface area contributed by atoms with Gasteiger partial charge in [0.05, 0.1) is 10.5 Å². The summed E-state index contributed by atoms with van der Waals surface area (Å²) >= 11 is 0. The minimum absolute atomic E-state index is 0.0852. The molecule has 1 aliphatic rings. The second kappa shape index (κ2) is 6.64. The molecule has 0 aliphatic heterocycles. The maximum absolute atomic E-state index is 12.4. The summed E-state index contributed by atoms with van der Waals surface area (Å²) in [4.78, 5) is 22.9. The van der Waals surface area contributed by atoms with E-state index >= 15 is 0 Å². The normalized spacial score (nSPS) is 19.1. The van der Waals surface area contributed by atoms with Gasteiger partial charge in [-0.3, -0.25) is 14.9 Å². The molecule has 0 bridgehead atoms. The van der Waals surface area contributed by atoms with Crippen LogP contribution in [0.3, 0.4) is 0 Å². The third-order valence-electron chi connectivity index (χ3n) is 4.82.